The summed E-state index contributed by atoms with van der Waals surface area (Å²) in [5, 5.41) is 8.71. The molecule has 0 aliphatic rings. The largest absolute Gasteiger partial charge is 0.481 e. The highest BCUT2D eigenvalue weighted by molar-refractivity contribution is 9.10. The van der Waals surface area contributed by atoms with Crippen molar-refractivity contribution in [2.75, 3.05) is 0 Å². The fraction of sp³-hybridized carbons (Fsp3) is 0.111. The van der Waals surface area contributed by atoms with Crippen LogP contribution in [0.15, 0.2) is 21.3 Å². The van der Waals surface area contributed by atoms with Gasteiger partial charge >= 0.3 is 5.97 Å². The van der Waals surface area contributed by atoms with Crippen LogP contribution in [-0.2, 0) is 11.2 Å². The molecule has 0 fully saturated rings. The highest BCUT2D eigenvalue weighted by atomic mass is 79.9. The Kier molecular flexibility index (Phi) is 2.79. The van der Waals surface area contributed by atoms with Gasteiger partial charge in [0.1, 0.15) is 0 Å². The minimum Gasteiger partial charge on any atom is -0.481 e. The van der Waals surface area contributed by atoms with E-state index in [9.17, 15) is 4.79 Å². The molecule has 2 rings (SSSR count). The molecular weight excluding hydrogens is 328 g/mol. The van der Waals surface area contributed by atoms with E-state index in [-0.39, 0.29) is 6.42 Å². The Labute approximate surface area is 102 Å². The van der Waals surface area contributed by atoms with Gasteiger partial charge < -0.3 is 10.1 Å². The first-order valence-electron chi connectivity index (χ1n) is 4.11. The number of hydrogen-bond acceptors (Lipinski definition) is 2. The number of carboxylic acid groups (broad SMARTS) is 1. The monoisotopic (exact) mass is 332 g/mol. The smallest absolute Gasteiger partial charge is 0.307 e. The first kappa shape index (κ1) is 10.6. The van der Waals surface area contributed by atoms with Gasteiger partial charge in [0.25, 0.3) is 0 Å². The van der Waals surface area contributed by atoms with Crippen LogP contribution in [0.3, 0.4) is 0 Å². The van der Waals surface area contributed by atoms with Crippen LogP contribution in [-0.4, -0.2) is 21.0 Å². The Morgan fingerprint density at radius 3 is 2.87 bits per heavy atom. The second-order valence-electron chi connectivity index (χ2n) is 3.06. The second-order valence-corrected chi connectivity index (χ2v) is 4.66. The number of halogens is 2. The molecular formula is C9H6Br2N2O2. The number of fused-ring (bicyclic) bond motifs is 1. The van der Waals surface area contributed by atoms with Crippen molar-refractivity contribution in [3.63, 3.8) is 0 Å². The van der Waals surface area contributed by atoms with Gasteiger partial charge in [-0.2, -0.15) is 0 Å². The first-order chi connectivity index (χ1) is 7.06. The van der Waals surface area contributed by atoms with Crippen LogP contribution in [0.4, 0.5) is 0 Å². The van der Waals surface area contributed by atoms with E-state index in [1.807, 2.05) is 0 Å². The molecule has 0 aliphatic carbocycles. The van der Waals surface area contributed by atoms with Gasteiger partial charge in [0.2, 0.25) is 0 Å². The number of aliphatic carboxylic acids is 1. The number of benzene rings is 1. The molecule has 2 N–H and O–H groups in total. The molecule has 78 valence electrons. The Morgan fingerprint density at radius 2 is 2.20 bits per heavy atom. The summed E-state index contributed by atoms with van der Waals surface area (Å²) in [4.78, 5) is 17.8. The lowest BCUT2D eigenvalue weighted by atomic mass is 10.1. The van der Waals surface area contributed by atoms with Gasteiger partial charge in [0.15, 0.2) is 4.73 Å². The minimum absolute atomic E-state index is 0.00678. The summed E-state index contributed by atoms with van der Waals surface area (Å²) in [7, 11) is 0. The van der Waals surface area contributed by atoms with Crippen molar-refractivity contribution in [2.24, 2.45) is 0 Å². The molecule has 2 aromatic rings. The third-order valence-electron chi connectivity index (χ3n) is 1.96. The predicted molar refractivity (Wildman–Crippen MR) is 62.8 cm³/mol. The Bertz CT molecular complexity index is 536. The van der Waals surface area contributed by atoms with E-state index in [0.717, 1.165) is 21.1 Å². The molecule has 4 nitrogen and oxygen atoms in total. The lowest BCUT2D eigenvalue weighted by Gasteiger charge is -2.00. The van der Waals surface area contributed by atoms with E-state index in [2.05, 4.69) is 41.8 Å². The molecule has 0 amide bonds. The highest BCUT2D eigenvalue weighted by Crippen LogP contribution is 2.24. The molecule has 0 aliphatic heterocycles. The molecule has 0 spiro atoms. The summed E-state index contributed by atoms with van der Waals surface area (Å²) >= 11 is 6.55. The third-order valence-corrected chi connectivity index (χ3v) is 3.08. The summed E-state index contributed by atoms with van der Waals surface area (Å²) in [6, 6.07) is 3.58. The van der Waals surface area contributed by atoms with E-state index in [1.54, 1.807) is 12.1 Å². The lowest BCUT2D eigenvalue weighted by molar-refractivity contribution is -0.136. The van der Waals surface area contributed by atoms with Crippen LogP contribution in [0.5, 0.6) is 0 Å². The Hall–Kier alpha value is -0.880. The fourth-order valence-corrected chi connectivity index (χ4v) is 2.22. The van der Waals surface area contributed by atoms with Crippen molar-refractivity contribution in [1.29, 1.82) is 0 Å². The van der Waals surface area contributed by atoms with Gasteiger partial charge in [-0.3, -0.25) is 4.79 Å². The van der Waals surface area contributed by atoms with E-state index in [0.29, 0.717) is 4.73 Å². The SMILES string of the molecule is O=C(O)Cc1cc2[nH]c(Br)nc2cc1Br. The van der Waals surface area contributed by atoms with Crippen molar-refractivity contribution in [1.82, 2.24) is 9.97 Å². The third kappa shape index (κ3) is 2.21. The average molecular weight is 334 g/mol. The topological polar surface area (TPSA) is 66.0 Å². The number of carbonyl (C=O) groups is 1. The molecule has 0 radical (unpaired) electrons. The Balaban J connectivity index is 2.55. The maximum absolute atomic E-state index is 10.6. The molecule has 1 heterocycles. The van der Waals surface area contributed by atoms with Crippen molar-refractivity contribution in [3.8, 4) is 0 Å². The van der Waals surface area contributed by atoms with Crippen molar-refractivity contribution < 1.29 is 9.90 Å². The van der Waals surface area contributed by atoms with Crippen LogP contribution in [0.1, 0.15) is 5.56 Å². The molecule has 0 saturated carbocycles. The number of nitrogens with one attached hydrogen (secondary N) is 1. The van der Waals surface area contributed by atoms with E-state index in [1.165, 1.54) is 0 Å². The van der Waals surface area contributed by atoms with E-state index < -0.39 is 5.97 Å². The summed E-state index contributed by atoms with van der Waals surface area (Å²) in [6.45, 7) is 0. The molecule has 1 aromatic carbocycles. The Morgan fingerprint density at radius 1 is 1.47 bits per heavy atom. The molecule has 0 atom stereocenters. The zero-order valence-electron chi connectivity index (χ0n) is 7.42. The van der Waals surface area contributed by atoms with Gasteiger partial charge in [0, 0.05) is 4.47 Å². The zero-order valence-corrected chi connectivity index (χ0v) is 10.6. The molecule has 1 aromatic heterocycles. The maximum Gasteiger partial charge on any atom is 0.307 e. The maximum atomic E-state index is 10.6. The molecule has 0 saturated heterocycles. The van der Waals surface area contributed by atoms with Gasteiger partial charge in [-0.25, -0.2) is 4.98 Å². The molecule has 0 bridgehead atoms. The van der Waals surface area contributed by atoms with Crippen LogP contribution >= 0.6 is 31.9 Å². The minimum atomic E-state index is -0.853. The fourth-order valence-electron chi connectivity index (χ4n) is 1.34. The van der Waals surface area contributed by atoms with Crippen LogP contribution in [0.25, 0.3) is 11.0 Å². The summed E-state index contributed by atoms with van der Waals surface area (Å²) in [5.74, 6) is -0.853. The number of hydrogen-bond donors (Lipinski definition) is 2. The number of aromatic nitrogens is 2. The number of nitrogens with zero attached hydrogens (tertiary/aromatic N) is 1. The number of imidazole rings is 1. The van der Waals surface area contributed by atoms with E-state index >= 15 is 0 Å². The zero-order chi connectivity index (χ0) is 11.0. The van der Waals surface area contributed by atoms with Gasteiger partial charge in [-0.05, 0) is 33.6 Å². The van der Waals surface area contributed by atoms with Crippen LogP contribution in [0, 0.1) is 0 Å². The van der Waals surface area contributed by atoms with E-state index in [4.69, 9.17) is 5.11 Å². The summed E-state index contributed by atoms with van der Waals surface area (Å²) in [6.07, 6.45) is -0.00678. The predicted octanol–water partition coefficient (Wildman–Crippen LogP) is 2.72. The highest BCUT2D eigenvalue weighted by Gasteiger charge is 2.09. The first-order valence-corrected chi connectivity index (χ1v) is 5.70. The second kappa shape index (κ2) is 3.94. The van der Waals surface area contributed by atoms with Gasteiger partial charge in [-0.15, -0.1) is 0 Å². The number of H-pyrrole nitrogens is 1. The molecule has 6 heteroatoms. The van der Waals surface area contributed by atoms with Crippen LogP contribution < -0.4 is 0 Å². The summed E-state index contributed by atoms with van der Waals surface area (Å²) < 4.78 is 1.40. The average Bonchev–Trinajstić information content (AvgIpc) is 2.44. The lowest BCUT2D eigenvalue weighted by Crippen LogP contribution is -2.00. The van der Waals surface area contributed by atoms with Crippen molar-refractivity contribution >= 4 is 48.9 Å². The molecule has 15 heavy (non-hydrogen) atoms. The number of aromatic amines is 1. The normalized spacial score (nSPS) is 10.8. The molecule has 0 unspecified atom stereocenters. The quantitative estimate of drug-likeness (QED) is 0.888. The van der Waals surface area contributed by atoms with Crippen molar-refractivity contribution in [3.05, 3.63) is 26.9 Å². The van der Waals surface area contributed by atoms with Crippen LogP contribution in [0.2, 0.25) is 0 Å². The van der Waals surface area contributed by atoms with Crippen molar-refractivity contribution in [2.45, 2.75) is 6.42 Å². The summed E-state index contributed by atoms with van der Waals surface area (Å²) in [5.41, 5.74) is 2.34. The number of carboxylic acids is 1. The standard InChI is InChI=1S/C9H6Br2N2O2/c10-5-3-7-6(12-9(11)13-7)1-4(5)2-8(14)15/h1,3H,2H2,(H,12,13)(H,14,15). The number of rotatable bonds is 2. The van der Waals surface area contributed by atoms with Gasteiger partial charge in [-0.1, -0.05) is 15.9 Å². The van der Waals surface area contributed by atoms with Gasteiger partial charge in [0.05, 0.1) is 17.5 Å².